The van der Waals surface area contributed by atoms with E-state index in [1.807, 2.05) is 13.0 Å². The first-order chi connectivity index (χ1) is 15.2. The van der Waals surface area contributed by atoms with Crippen LogP contribution in [0, 0.1) is 6.92 Å². The van der Waals surface area contributed by atoms with Gasteiger partial charge < -0.3 is 10.1 Å². The van der Waals surface area contributed by atoms with Crippen LogP contribution in [0.4, 0.5) is 5.82 Å². The number of thiocarbonyl (C=S) groups is 1. The molecule has 0 aliphatic carbocycles. The van der Waals surface area contributed by atoms with Gasteiger partial charge in [0.1, 0.15) is 15.8 Å². The monoisotopic (exact) mass is 494 g/mol. The molecule has 9 nitrogen and oxygen atoms in total. The topological polar surface area (TPSA) is 110 Å². The number of nitrogens with one attached hydrogen (secondary N) is 1. The molecular formula is C20H22N4O5S3. The van der Waals surface area contributed by atoms with Gasteiger partial charge in [0.05, 0.1) is 34.6 Å². The summed E-state index contributed by atoms with van der Waals surface area (Å²) < 4.78 is 30.6. The number of rotatable bonds is 6. The number of carbonyl (C=O) groups excluding carboxylic acids is 1. The molecule has 0 spiro atoms. The molecule has 12 heteroatoms. The van der Waals surface area contributed by atoms with Crippen molar-refractivity contribution in [1.29, 1.82) is 0 Å². The van der Waals surface area contributed by atoms with Crippen LogP contribution in [0.25, 0.3) is 11.7 Å². The van der Waals surface area contributed by atoms with Crippen molar-refractivity contribution < 1.29 is 17.9 Å². The first-order valence-electron chi connectivity index (χ1n) is 9.93. The van der Waals surface area contributed by atoms with Gasteiger partial charge in [-0.25, -0.2) is 13.4 Å². The summed E-state index contributed by atoms with van der Waals surface area (Å²) >= 11 is 6.43. The molecule has 1 atom stereocenters. The number of nitrogens with zero attached hydrogens (tertiary/aromatic N) is 3. The van der Waals surface area contributed by atoms with Crippen molar-refractivity contribution in [2.24, 2.45) is 0 Å². The fraction of sp³-hybridized carbons (Fsp3) is 0.400. The number of aromatic nitrogens is 2. The van der Waals surface area contributed by atoms with Gasteiger partial charge in [-0.1, -0.05) is 30.0 Å². The highest BCUT2D eigenvalue weighted by atomic mass is 32.2. The summed E-state index contributed by atoms with van der Waals surface area (Å²) in [5.41, 5.74) is 1.26. The van der Waals surface area contributed by atoms with E-state index in [2.05, 4.69) is 10.3 Å². The predicted molar refractivity (Wildman–Crippen MR) is 129 cm³/mol. The predicted octanol–water partition coefficient (Wildman–Crippen LogP) is 1.45. The second-order valence-electron chi connectivity index (χ2n) is 7.64. The van der Waals surface area contributed by atoms with Gasteiger partial charge in [-0.05, 0) is 31.1 Å². The van der Waals surface area contributed by atoms with Crippen molar-refractivity contribution in [3.63, 3.8) is 0 Å². The van der Waals surface area contributed by atoms with Crippen LogP contribution >= 0.6 is 24.0 Å². The van der Waals surface area contributed by atoms with Gasteiger partial charge in [0.25, 0.3) is 11.5 Å². The zero-order valence-corrected chi connectivity index (χ0v) is 20.0. The molecule has 4 rings (SSSR count). The van der Waals surface area contributed by atoms with E-state index in [-0.39, 0.29) is 27.5 Å². The van der Waals surface area contributed by atoms with Crippen molar-refractivity contribution in [3.05, 3.63) is 44.7 Å². The van der Waals surface area contributed by atoms with Crippen LogP contribution in [0.1, 0.15) is 17.5 Å². The molecule has 2 saturated heterocycles. The molecule has 2 aromatic rings. The zero-order chi connectivity index (χ0) is 23.0. The maximum Gasteiger partial charge on any atom is 0.267 e. The van der Waals surface area contributed by atoms with Gasteiger partial charge in [-0.3, -0.25) is 18.9 Å². The number of aryl methyl sites for hydroxylation is 1. The van der Waals surface area contributed by atoms with Crippen molar-refractivity contribution in [2.75, 3.05) is 37.1 Å². The molecule has 0 unspecified atom stereocenters. The first-order valence-corrected chi connectivity index (χ1v) is 13.0. The second kappa shape index (κ2) is 8.93. The molecule has 2 aromatic heterocycles. The molecule has 2 aliphatic heterocycles. The van der Waals surface area contributed by atoms with Crippen LogP contribution < -0.4 is 10.9 Å². The van der Waals surface area contributed by atoms with Crippen LogP contribution in [-0.4, -0.2) is 70.7 Å². The molecular weight excluding hydrogens is 472 g/mol. The summed E-state index contributed by atoms with van der Waals surface area (Å²) in [4.78, 5) is 32.6. The van der Waals surface area contributed by atoms with Crippen LogP contribution in [0.2, 0.25) is 0 Å². The van der Waals surface area contributed by atoms with Gasteiger partial charge in [-0.2, -0.15) is 0 Å². The number of fused-ring (bicyclic) bond motifs is 1. The number of anilines is 1. The van der Waals surface area contributed by atoms with Crippen LogP contribution in [0.15, 0.2) is 28.0 Å². The number of hydrogen-bond donors (Lipinski definition) is 1. The van der Waals surface area contributed by atoms with Gasteiger partial charge in [0, 0.05) is 19.9 Å². The van der Waals surface area contributed by atoms with E-state index in [9.17, 15) is 18.0 Å². The van der Waals surface area contributed by atoms with E-state index in [0.717, 1.165) is 17.3 Å². The van der Waals surface area contributed by atoms with E-state index >= 15 is 0 Å². The van der Waals surface area contributed by atoms with Gasteiger partial charge in [-0.15, -0.1) is 0 Å². The average Bonchev–Trinajstić information content (AvgIpc) is 3.23. The van der Waals surface area contributed by atoms with Gasteiger partial charge in [0.15, 0.2) is 9.84 Å². The lowest BCUT2D eigenvalue weighted by atomic mass is 10.2. The molecule has 1 amide bonds. The number of methoxy groups -OCH3 is 1. The Kier molecular flexibility index (Phi) is 6.39. The third-order valence-electron chi connectivity index (χ3n) is 5.28. The molecule has 0 saturated carbocycles. The van der Waals surface area contributed by atoms with E-state index in [4.69, 9.17) is 17.0 Å². The Bertz CT molecular complexity index is 1300. The van der Waals surface area contributed by atoms with E-state index < -0.39 is 21.8 Å². The third-order valence-corrected chi connectivity index (χ3v) is 8.36. The van der Waals surface area contributed by atoms with Crippen molar-refractivity contribution in [3.8, 4) is 0 Å². The lowest BCUT2D eigenvalue weighted by Gasteiger charge is -2.20. The molecule has 2 aliphatic rings. The quantitative estimate of drug-likeness (QED) is 0.362. The summed E-state index contributed by atoms with van der Waals surface area (Å²) in [7, 11) is -1.61. The SMILES string of the molecule is COCCNc1nc2ccc(C)cn2c(=O)c1/C=C1/SC(=S)N([C@@H]2CCS(=O)(=O)C2)C1=O. The van der Waals surface area contributed by atoms with Crippen LogP contribution in [0.5, 0.6) is 0 Å². The maximum atomic E-state index is 13.3. The summed E-state index contributed by atoms with van der Waals surface area (Å²) in [6.45, 7) is 2.70. The third kappa shape index (κ3) is 4.45. The standard InChI is InChI=1S/C20H22N4O5S3/c1-12-3-4-16-22-17(21-6-7-29-2)14(18(25)23(16)10-12)9-15-19(26)24(20(30)31-15)13-5-8-32(27,28)11-13/h3-4,9-10,13,21H,5-8,11H2,1-2H3/b15-9+/t13-/m1/s1. The normalized spacial score (nSPS) is 21.8. The lowest BCUT2D eigenvalue weighted by molar-refractivity contribution is -0.123. The Morgan fingerprint density at radius 2 is 2.16 bits per heavy atom. The Labute approximate surface area is 194 Å². The number of pyridine rings is 1. The van der Waals surface area contributed by atoms with Crippen molar-refractivity contribution in [1.82, 2.24) is 14.3 Å². The Morgan fingerprint density at radius 3 is 2.84 bits per heavy atom. The van der Waals surface area contributed by atoms with Crippen LogP contribution in [-0.2, 0) is 19.4 Å². The number of amides is 1. The molecule has 170 valence electrons. The molecule has 1 N–H and O–H groups in total. The molecule has 0 bridgehead atoms. The second-order valence-corrected chi connectivity index (χ2v) is 11.5. The molecule has 2 fully saturated rings. The molecule has 32 heavy (non-hydrogen) atoms. The molecule has 0 radical (unpaired) electrons. The fourth-order valence-electron chi connectivity index (χ4n) is 3.70. The lowest BCUT2D eigenvalue weighted by Crippen LogP contribution is -2.39. The fourth-order valence-corrected chi connectivity index (χ4v) is 6.78. The van der Waals surface area contributed by atoms with Crippen LogP contribution in [0.3, 0.4) is 0 Å². The molecule has 0 aromatic carbocycles. The smallest absolute Gasteiger partial charge is 0.267 e. The Hall–Kier alpha value is -2.28. The Morgan fingerprint density at radius 1 is 1.38 bits per heavy atom. The number of carbonyl (C=O) groups is 1. The number of hydrogen-bond acceptors (Lipinski definition) is 9. The number of thioether (sulfide) groups is 1. The summed E-state index contributed by atoms with van der Waals surface area (Å²) in [6.07, 6.45) is 3.53. The van der Waals surface area contributed by atoms with Crippen molar-refractivity contribution in [2.45, 2.75) is 19.4 Å². The van der Waals surface area contributed by atoms with Gasteiger partial charge >= 0.3 is 0 Å². The Balaban J connectivity index is 1.75. The summed E-state index contributed by atoms with van der Waals surface area (Å²) in [5, 5.41) is 3.10. The van der Waals surface area contributed by atoms with E-state index in [1.54, 1.807) is 19.4 Å². The minimum Gasteiger partial charge on any atom is -0.383 e. The summed E-state index contributed by atoms with van der Waals surface area (Å²) in [5.74, 6) is -0.115. The number of ether oxygens (including phenoxy) is 1. The van der Waals surface area contributed by atoms with Crippen molar-refractivity contribution >= 4 is 61.6 Å². The van der Waals surface area contributed by atoms with E-state index in [0.29, 0.717) is 35.4 Å². The van der Waals surface area contributed by atoms with Gasteiger partial charge in [0.2, 0.25) is 0 Å². The summed E-state index contributed by atoms with van der Waals surface area (Å²) in [6, 6.07) is 3.14. The van der Waals surface area contributed by atoms with E-state index in [1.165, 1.54) is 15.4 Å². The molecule has 4 heterocycles. The maximum absolute atomic E-state index is 13.3. The highest BCUT2D eigenvalue weighted by Gasteiger charge is 2.42. The number of sulfone groups is 1. The highest BCUT2D eigenvalue weighted by molar-refractivity contribution is 8.26. The first kappa shape index (κ1) is 22.9. The minimum atomic E-state index is -3.18. The zero-order valence-electron chi connectivity index (χ0n) is 17.5. The average molecular weight is 495 g/mol. The highest BCUT2D eigenvalue weighted by Crippen LogP contribution is 2.36. The minimum absolute atomic E-state index is 0.0383. The largest absolute Gasteiger partial charge is 0.383 e.